The Kier molecular flexibility index (Phi) is 7.82. The number of fused-ring (bicyclic) bond motifs is 1. The zero-order valence-corrected chi connectivity index (χ0v) is 18.9. The minimum Gasteiger partial charge on any atom is -0.390 e. The average Bonchev–Trinajstić information content (AvgIpc) is 2.80. The number of likely N-dealkylation sites (N-methyl/N-ethyl adjacent to an activating group) is 1. The van der Waals surface area contributed by atoms with E-state index in [9.17, 15) is 9.90 Å². The van der Waals surface area contributed by atoms with Crippen molar-refractivity contribution in [1.29, 1.82) is 0 Å². The van der Waals surface area contributed by atoms with Crippen LogP contribution in [0.1, 0.15) is 40.9 Å². The molecule has 32 heavy (non-hydrogen) atoms. The molecule has 6 heteroatoms. The standard InChI is InChI=1S/C26H30N4O2/c1-4-30(5-2)17-22(31)16-28-26(32)21-11-10-18(3)19(14-21)12-13-20-15-25(27)29-24-9-7-6-8-23(20)24/h6-11,14-15,22,31H,4-5,16-17H2,1-3H3,(H2,27,29)(H,28,32). The van der Waals surface area contributed by atoms with Crippen molar-refractivity contribution < 1.29 is 9.90 Å². The van der Waals surface area contributed by atoms with Gasteiger partial charge in [0.05, 0.1) is 11.6 Å². The lowest BCUT2D eigenvalue weighted by Crippen LogP contribution is -2.40. The van der Waals surface area contributed by atoms with E-state index in [1.807, 2.05) is 51.1 Å². The molecular formula is C26H30N4O2. The van der Waals surface area contributed by atoms with Crippen molar-refractivity contribution in [2.24, 2.45) is 0 Å². The third kappa shape index (κ3) is 5.85. The summed E-state index contributed by atoms with van der Waals surface area (Å²) in [4.78, 5) is 19.1. The number of aliphatic hydroxyl groups is 1. The molecule has 0 aliphatic heterocycles. The van der Waals surface area contributed by atoms with Crippen molar-refractivity contribution in [3.8, 4) is 11.8 Å². The van der Waals surface area contributed by atoms with Gasteiger partial charge in [-0.1, -0.05) is 50.0 Å². The molecule has 166 valence electrons. The Hall–Kier alpha value is -3.40. The summed E-state index contributed by atoms with van der Waals surface area (Å²) in [5, 5.41) is 14.0. The molecule has 0 spiro atoms. The van der Waals surface area contributed by atoms with Gasteiger partial charge in [-0.3, -0.25) is 4.79 Å². The fourth-order valence-corrected chi connectivity index (χ4v) is 3.49. The Labute approximate surface area is 189 Å². The number of hydrogen-bond donors (Lipinski definition) is 3. The number of carbonyl (C=O) groups excluding carboxylic acids is 1. The molecule has 0 bridgehead atoms. The van der Waals surface area contributed by atoms with E-state index < -0.39 is 6.10 Å². The molecule has 1 atom stereocenters. The van der Waals surface area contributed by atoms with Crippen molar-refractivity contribution in [2.75, 3.05) is 31.9 Å². The van der Waals surface area contributed by atoms with Crippen LogP contribution in [0.2, 0.25) is 0 Å². The number of nitrogens with zero attached hydrogens (tertiary/aromatic N) is 2. The monoisotopic (exact) mass is 430 g/mol. The summed E-state index contributed by atoms with van der Waals surface area (Å²) >= 11 is 0. The number of nitrogens with two attached hydrogens (primary N) is 1. The van der Waals surface area contributed by atoms with Gasteiger partial charge in [-0.2, -0.15) is 0 Å². The highest BCUT2D eigenvalue weighted by Gasteiger charge is 2.12. The molecule has 3 aromatic rings. The van der Waals surface area contributed by atoms with Gasteiger partial charge in [0.1, 0.15) is 5.82 Å². The number of pyridine rings is 1. The van der Waals surface area contributed by atoms with Crippen LogP contribution in [0.25, 0.3) is 10.9 Å². The van der Waals surface area contributed by atoms with E-state index in [0.29, 0.717) is 17.9 Å². The normalized spacial score (nSPS) is 11.8. The van der Waals surface area contributed by atoms with Crippen LogP contribution >= 0.6 is 0 Å². The van der Waals surface area contributed by atoms with Crippen LogP contribution in [-0.4, -0.2) is 53.2 Å². The highest BCUT2D eigenvalue weighted by atomic mass is 16.3. The zero-order valence-electron chi connectivity index (χ0n) is 18.9. The van der Waals surface area contributed by atoms with Crippen LogP contribution in [0.3, 0.4) is 0 Å². The average molecular weight is 431 g/mol. The maximum Gasteiger partial charge on any atom is 0.251 e. The molecule has 1 heterocycles. The number of nitrogens with one attached hydrogen (secondary N) is 1. The van der Waals surface area contributed by atoms with Gasteiger partial charge < -0.3 is 21.1 Å². The highest BCUT2D eigenvalue weighted by Crippen LogP contribution is 2.19. The van der Waals surface area contributed by atoms with Gasteiger partial charge in [0.25, 0.3) is 5.91 Å². The van der Waals surface area contributed by atoms with Gasteiger partial charge in [-0.15, -0.1) is 0 Å². The number of anilines is 1. The van der Waals surface area contributed by atoms with E-state index in [-0.39, 0.29) is 12.5 Å². The van der Waals surface area contributed by atoms with Crippen LogP contribution in [0.15, 0.2) is 48.5 Å². The first kappa shape index (κ1) is 23.3. The van der Waals surface area contributed by atoms with Crippen LogP contribution in [0, 0.1) is 18.8 Å². The fraction of sp³-hybridized carbons (Fsp3) is 0.308. The number of nitrogen functional groups attached to an aromatic ring is 1. The second kappa shape index (κ2) is 10.8. The first-order chi connectivity index (χ1) is 15.4. The summed E-state index contributed by atoms with van der Waals surface area (Å²) in [6.45, 7) is 8.51. The Morgan fingerprint density at radius 2 is 1.84 bits per heavy atom. The molecule has 2 aromatic carbocycles. The van der Waals surface area contributed by atoms with Crippen molar-refractivity contribution in [3.63, 3.8) is 0 Å². The van der Waals surface area contributed by atoms with E-state index in [2.05, 4.69) is 27.0 Å². The molecular weight excluding hydrogens is 400 g/mol. The maximum atomic E-state index is 12.6. The topological polar surface area (TPSA) is 91.5 Å². The molecule has 1 amide bonds. The predicted molar refractivity (Wildman–Crippen MR) is 129 cm³/mol. The molecule has 0 aliphatic carbocycles. The van der Waals surface area contributed by atoms with Gasteiger partial charge >= 0.3 is 0 Å². The number of aryl methyl sites for hydroxylation is 1. The first-order valence-corrected chi connectivity index (χ1v) is 10.9. The fourth-order valence-electron chi connectivity index (χ4n) is 3.49. The van der Waals surface area contributed by atoms with Crippen LogP contribution in [-0.2, 0) is 0 Å². The van der Waals surface area contributed by atoms with E-state index in [4.69, 9.17) is 5.73 Å². The maximum absolute atomic E-state index is 12.6. The van der Waals surface area contributed by atoms with E-state index in [1.54, 1.807) is 18.2 Å². The smallest absolute Gasteiger partial charge is 0.251 e. The lowest BCUT2D eigenvalue weighted by Gasteiger charge is -2.22. The summed E-state index contributed by atoms with van der Waals surface area (Å²) < 4.78 is 0. The summed E-state index contributed by atoms with van der Waals surface area (Å²) in [5.74, 6) is 6.56. The highest BCUT2D eigenvalue weighted by molar-refractivity contribution is 5.94. The van der Waals surface area contributed by atoms with Gasteiger partial charge in [0.15, 0.2) is 0 Å². The Morgan fingerprint density at radius 1 is 1.12 bits per heavy atom. The van der Waals surface area contributed by atoms with E-state index in [0.717, 1.165) is 40.7 Å². The molecule has 1 unspecified atom stereocenters. The number of hydrogen-bond acceptors (Lipinski definition) is 5. The lowest BCUT2D eigenvalue weighted by molar-refractivity contribution is 0.0869. The number of rotatable bonds is 7. The summed E-state index contributed by atoms with van der Waals surface area (Å²) in [6.07, 6.45) is -0.617. The van der Waals surface area contributed by atoms with Crippen molar-refractivity contribution in [1.82, 2.24) is 15.2 Å². The van der Waals surface area contributed by atoms with Crippen LogP contribution < -0.4 is 11.1 Å². The van der Waals surface area contributed by atoms with E-state index >= 15 is 0 Å². The predicted octanol–water partition coefficient (Wildman–Crippen LogP) is 2.96. The number of amides is 1. The van der Waals surface area contributed by atoms with Crippen molar-refractivity contribution >= 4 is 22.6 Å². The first-order valence-electron chi connectivity index (χ1n) is 10.9. The Morgan fingerprint density at radius 3 is 2.59 bits per heavy atom. The molecule has 0 radical (unpaired) electrons. The second-order valence-electron chi connectivity index (χ2n) is 7.74. The number of para-hydroxylation sites is 1. The van der Waals surface area contributed by atoms with Crippen LogP contribution in [0.5, 0.6) is 0 Å². The number of aromatic nitrogens is 1. The molecule has 6 nitrogen and oxygen atoms in total. The minimum absolute atomic E-state index is 0.201. The summed E-state index contributed by atoms with van der Waals surface area (Å²) in [7, 11) is 0. The molecule has 1 aromatic heterocycles. The third-order valence-electron chi connectivity index (χ3n) is 5.43. The summed E-state index contributed by atoms with van der Waals surface area (Å²) in [6, 6.07) is 14.9. The minimum atomic E-state index is -0.617. The quantitative estimate of drug-likeness (QED) is 0.501. The molecule has 0 fully saturated rings. The number of benzene rings is 2. The molecule has 3 rings (SSSR count). The SMILES string of the molecule is CCN(CC)CC(O)CNC(=O)c1ccc(C)c(C#Cc2cc(N)nc3ccccc23)c1. The third-order valence-corrected chi connectivity index (χ3v) is 5.43. The van der Waals surface area contributed by atoms with Crippen molar-refractivity contribution in [2.45, 2.75) is 26.9 Å². The van der Waals surface area contributed by atoms with E-state index in [1.165, 1.54) is 0 Å². The molecule has 0 saturated carbocycles. The second-order valence-corrected chi connectivity index (χ2v) is 7.74. The molecule has 0 aliphatic rings. The zero-order chi connectivity index (χ0) is 23.1. The number of carbonyl (C=O) groups is 1. The molecule has 4 N–H and O–H groups in total. The Bertz CT molecular complexity index is 1160. The Balaban J connectivity index is 1.77. The van der Waals surface area contributed by atoms with Crippen LogP contribution in [0.4, 0.5) is 5.82 Å². The lowest BCUT2D eigenvalue weighted by atomic mass is 10.0. The summed E-state index contributed by atoms with van der Waals surface area (Å²) in [5.41, 5.74) is 9.77. The van der Waals surface area contributed by atoms with Gasteiger partial charge in [-0.25, -0.2) is 4.98 Å². The largest absolute Gasteiger partial charge is 0.390 e. The van der Waals surface area contributed by atoms with Crippen molar-refractivity contribution in [3.05, 3.63) is 70.8 Å². The number of aliphatic hydroxyl groups excluding tert-OH is 1. The van der Waals surface area contributed by atoms with Gasteiger partial charge in [0.2, 0.25) is 0 Å². The van der Waals surface area contributed by atoms with Gasteiger partial charge in [0, 0.05) is 35.2 Å². The molecule has 0 saturated heterocycles. The van der Waals surface area contributed by atoms with Gasteiger partial charge in [-0.05, 0) is 49.8 Å².